The van der Waals surface area contributed by atoms with Gasteiger partial charge in [0.2, 0.25) is 0 Å². The number of benzene rings is 1. The fourth-order valence-electron chi connectivity index (χ4n) is 1.34. The summed E-state index contributed by atoms with van der Waals surface area (Å²) in [7, 11) is 0. The van der Waals surface area contributed by atoms with Gasteiger partial charge in [0.05, 0.1) is 8.30 Å². The van der Waals surface area contributed by atoms with Gasteiger partial charge in [-0.1, -0.05) is 0 Å². The van der Waals surface area contributed by atoms with E-state index in [2.05, 4.69) is 38.5 Å². The van der Waals surface area contributed by atoms with E-state index in [-0.39, 0.29) is 5.97 Å². The molecular weight excluding hydrogens is 427 g/mol. The van der Waals surface area contributed by atoms with Crippen LogP contribution in [0.3, 0.4) is 0 Å². The predicted molar refractivity (Wildman–Crippen MR) is 87.3 cm³/mol. The summed E-state index contributed by atoms with van der Waals surface area (Å²) in [4.78, 5) is 11.8. The third-order valence-electron chi connectivity index (χ3n) is 2.38. The lowest BCUT2D eigenvalue weighted by Crippen LogP contribution is -2.25. The van der Waals surface area contributed by atoms with Crippen molar-refractivity contribution in [3.8, 4) is 5.75 Å². The van der Waals surface area contributed by atoms with Crippen LogP contribution >= 0.6 is 49.9 Å². The number of ether oxygens (including phenoxy) is 1. The van der Waals surface area contributed by atoms with E-state index in [0.717, 1.165) is 14.6 Å². The van der Waals surface area contributed by atoms with Crippen LogP contribution in [-0.2, 0) is 4.79 Å². The second-order valence-electron chi connectivity index (χ2n) is 4.99. The first-order valence-electron chi connectivity index (χ1n) is 5.39. The molecule has 0 spiro atoms. The van der Waals surface area contributed by atoms with Gasteiger partial charge in [0.25, 0.3) is 0 Å². The monoisotopic (exact) mass is 438 g/mol. The van der Waals surface area contributed by atoms with Crippen LogP contribution in [0.25, 0.3) is 10.1 Å². The number of esters is 1. The minimum absolute atomic E-state index is 0.216. The van der Waals surface area contributed by atoms with Crippen LogP contribution in [-0.4, -0.2) is 5.97 Å². The lowest BCUT2D eigenvalue weighted by molar-refractivity contribution is -0.142. The Hall–Kier alpha value is -0.140. The number of halogens is 2. The molecule has 2 aromatic rings. The maximum absolute atomic E-state index is 11.8. The van der Waals surface area contributed by atoms with Crippen molar-refractivity contribution in [1.29, 1.82) is 0 Å². The van der Waals surface area contributed by atoms with Gasteiger partial charge in [0.1, 0.15) is 5.75 Å². The van der Waals surface area contributed by atoms with E-state index in [9.17, 15) is 4.79 Å². The summed E-state index contributed by atoms with van der Waals surface area (Å²) >= 11 is 7.52. The highest BCUT2D eigenvalue weighted by atomic mass is 127. The van der Waals surface area contributed by atoms with Crippen LogP contribution < -0.4 is 4.74 Å². The summed E-state index contributed by atoms with van der Waals surface area (Å²) < 4.78 is 8.81. The van der Waals surface area contributed by atoms with Gasteiger partial charge in [0.15, 0.2) is 0 Å². The molecule has 0 unspecified atom stereocenters. The molecule has 0 aliphatic carbocycles. The van der Waals surface area contributed by atoms with Crippen LogP contribution in [0.4, 0.5) is 0 Å². The van der Waals surface area contributed by atoms with Crippen molar-refractivity contribution >= 4 is 65.9 Å². The Labute approximate surface area is 132 Å². The average molecular weight is 439 g/mol. The van der Waals surface area contributed by atoms with E-state index < -0.39 is 5.41 Å². The van der Waals surface area contributed by atoms with Gasteiger partial charge in [-0.25, -0.2) is 0 Å². The molecule has 0 saturated carbocycles. The predicted octanol–water partition coefficient (Wildman–Crippen LogP) is 5.22. The fourth-order valence-corrected chi connectivity index (χ4v) is 3.91. The van der Waals surface area contributed by atoms with E-state index in [1.54, 1.807) is 11.3 Å². The molecule has 96 valence electrons. The first-order valence-corrected chi connectivity index (χ1v) is 8.07. The van der Waals surface area contributed by atoms with Gasteiger partial charge in [0, 0.05) is 14.6 Å². The number of thiophene rings is 1. The molecule has 0 saturated heterocycles. The maximum atomic E-state index is 11.8. The standard InChI is InChI=1S/C13H12BrIO2S/c1-13(2,3)12(16)17-7-4-5-8-9(6-7)18-11(15)10(8)14/h4-6H,1-3H3. The number of hydrogen-bond acceptors (Lipinski definition) is 3. The average Bonchev–Trinajstić information content (AvgIpc) is 2.53. The van der Waals surface area contributed by atoms with Gasteiger partial charge in [-0.3, -0.25) is 4.79 Å². The SMILES string of the molecule is CC(C)(C)C(=O)Oc1ccc2c(Br)c(I)sc2c1. The number of hydrogen-bond donors (Lipinski definition) is 0. The Morgan fingerprint density at radius 2 is 2.06 bits per heavy atom. The second kappa shape index (κ2) is 5.09. The molecule has 0 amide bonds. The quantitative estimate of drug-likeness (QED) is 0.346. The van der Waals surface area contributed by atoms with Gasteiger partial charge in [-0.15, -0.1) is 11.3 Å². The number of carbonyl (C=O) groups excluding carboxylic acids is 1. The molecule has 0 aliphatic rings. The molecule has 1 aromatic heterocycles. The van der Waals surface area contributed by atoms with Crippen LogP contribution in [0, 0.1) is 8.30 Å². The highest BCUT2D eigenvalue weighted by Crippen LogP contribution is 2.38. The molecule has 18 heavy (non-hydrogen) atoms. The summed E-state index contributed by atoms with van der Waals surface area (Å²) in [5.41, 5.74) is -0.487. The molecule has 1 heterocycles. The number of carbonyl (C=O) groups is 1. The number of rotatable bonds is 1. The molecule has 0 fully saturated rings. The van der Waals surface area contributed by atoms with Crippen LogP contribution in [0.15, 0.2) is 22.7 Å². The summed E-state index contributed by atoms with van der Waals surface area (Å²) in [5.74, 6) is 0.389. The lowest BCUT2D eigenvalue weighted by Gasteiger charge is -2.16. The zero-order chi connectivity index (χ0) is 13.5. The maximum Gasteiger partial charge on any atom is 0.316 e. The van der Waals surface area contributed by atoms with Crippen molar-refractivity contribution in [3.05, 3.63) is 25.6 Å². The smallest absolute Gasteiger partial charge is 0.316 e. The zero-order valence-corrected chi connectivity index (χ0v) is 14.8. The van der Waals surface area contributed by atoms with Crippen molar-refractivity contribution in [1.82, 2.24) is 0 Å². The molecule has 0 bridgehead atoms. The molecule has 0 N–H and O–H groups in total. The van der Waals surface area contributed by atoms with Crippen LogP contribution in [0.2, 0.25) is 0 Å². The molecule has 5 heteroatoms. The van der Waals surface area contributed by atoms with Gasteiger partial charge in [-0.05, 0) is 77.5 Å². The molecule has 0 atom stereocenters. The Morgan fingerprint density at radius 1 is 1.39 bits per heavy atom. The highest BCUT2D eigenvalue weighted by Gasteiger charge is 2.23. The second-order valence-corrected chi connectivity index (χ2v) is 8.64. The van der Waals surface area contributed by atoms with E-state index in [1.807, 2.05) is 39.0 Å². The summed E-state index contributed by atoms with van der Waals surface area (Å²) in [6.07, 6.45) is 0. The van der Waals surface area contributed by atoms with Gasteiger partial charge >= 0.3 is 5.97 Å². The topological polar surface area (TPSA) is 26.3 Å². The zero-order valence-electron chi connectivity index (χ0n) is 10.2. The van der Waals surface area contributed by atoms with Crippen molar-refractivity contribution in [2.24, 2.45) is 5.41 Å². The molecule has 0 radical (unpaired) electrons. The van der Waals surface area contributed by atoms with Gasteiger partial charge < -0.3 is 4.74 Å². The normalized spacial score (nSPS) is 11.8. The Kier molecular flexibility index (Phi) is 4.04. The van der Waals surface area contributed by atoms with Crippen molar-refractivity contribution in [3.63, 3.8) is 0 Å². The third kappa shape index (κ3) is 2.88. The first kappa shape index (κ1) is 14.3. The van der Waals surface area contributed by atoms with Crippen LogP contribution in [0.5, 0.6) is 5.75 Å². The van der Waals surface area contributed by atoms with Crippen LogP contribution in [0.1, 0.15) is 20.8 Å². The van der Waals surface area contributed by atoms with Crippen molar-refractivity contribution in [2.45, 2.75) is 20.8 Å². The minimum atomic E-state index is -0.487. The van der Waals surface area contributed by atoms with Crippen molar-refractivity contribution in [2.75, 3.05) is 0 Å². The lowest BCUT2D eigenvalue weighted by atomic mass is 9.97. The molecular formula is C13H12BrIO2S. The summed E-state index contributed by atoms with van der Waals surface area (Å²) in [6.45, 7) is 5.54. The molecule has 2 nitrogen and oxygen atoms in total. The highest BCUT2D eigenvalue weighted by molar-refractivity contribution is 14.1. The summed E-state index contributed by atoms with van der Waals surface area (Å²) in [6, 6.07) is 5.72. The van der Waals surface area contributed by atoms with Gasteiger partial charge in [-0.2, -0.15) is 0 Å². The Balaban J connectivity index is 2.34. The molecule has 2 rings (SSSR count). The largest absolute Gasteiger partial charge is 0.426 e. The number of fused-ring (bicyclic) bond motifs is 1. The van der Waals surface area contributed by atoms with E-state index >= 15 is 0 Å². The fraction of sp³-hybridized carbons (Fsp3) is 0.308. The third-order valence-corrected chi connectivity index (χ3v) is 6.35. The molecule has 1 aromatic carbocycles. The first-order chi connectivity index (χ1) is 8.29. The summed E-state index contributed by atoms with van der Waals surface area (Å²) in [5, 5.41) is 1.15. The van der Waals surface area contributed by atoms with Crippen molar-refractivity contribution < 1.29 is 9.53 Å². The van der Waals surface area contributed by atoms with E-state index in [4.69, 9.17) is 4.74 Å². The molecule has 0 aliphatic heterocycles. The minimum Gasteiger partial charge on any atom is -0.426 e. The van der Waals surface area contributed by atoms with E-state index in [1.165, 1.54) is 2.88 Å². The Bertz CT molecular complexity index is 613. The van der Waals surface area contributed by atoms with E-state index in [0.29, 0.717) is 5.75 Å². The Morgan fingerprint density at radius 3 is 2.67 bits per heavy atom.